The Morgan fingerprint density at radius 3 is 2.63 bits per heavy atom. The van der Waals surface area contributed by atoms with Gasteiger partial charge in [0, 0.05) is 13.1 Å². The maximum atomic E-state index is 13.1. The molecule has 0 unspecified atom stereocenters. The molecule has 0 bridgehead atoms. The normalized spacial score (nSPS) is 15.7. The SMILES string of the molecule is O=C(NCCN1CCCCC1)c1cn(Cc2ccccc2C(F)(F)F)nn1. The minimum atomic E-state index is -4.44. The van der Waals surface area contributed by atoms with Crippen molar-refractivity contribution in [3.63, 3.8) is 0 Å². The summed E-state index contributed by atoms with van der Waals surface area (Å²) < 4.78 is 40.4. The number of alkyl halides is 3. The first kappa shape index (κ1) is 19.3. The lowest BCUT2D eigenvalue weighted by Gasteiger charge is -2.26. The Hall–Kier alpha value is -2.42. The van der Waals surface area contributed by atoms with Gasteiger partial charge in [-0.25, -0.2) is 4.68 Å². The van der Waals surface area contributed by atoms with Gasteiger partial charge < -0.3 is 10.2 Å². The van der Waals surface area contributed by atoms with Crippen LogP contribution < -0.4 is 5.32 Å². The highest BCUT2D eigenvalue weighted by Gasteiger charge is 2.33. The zero-order valence-electron chi connectivity index (χ0n) is 14.9. The van der Waals surface area contributed by atoms with Crippen LogP contribution in [-0.4, -0.2) is 52.0 Å². The van der Waals surface area contributed by atoms with Gasteiger partial charge in [-0.05, 0) is 37.6 Å². The van der Waals surface area contributed by atoms with Crippen LogP contribution in [0.5, 0.6) is 0 Å². The Balaban J connectivity index is 1.56. The van der Waals surface area contributed by atoms with Crippen molar-refractivity contribution < 1.29 is 18.0 Å². The van der Waals surface area contributed by atoms with Crippen molar-refractivity contribution in [3.05, 3.63) is 47.3 Å². The van der Waals surface area contributed by atoms with Gasteiger partial charge in [-0.15, -0.1) is 5.10 Å². The number of likely N-dealkylation sites (tertiary alicyclic amines) is 1. The smallest absolute Gasteiger partial charge is 0.349 e. The molecular weight excluding hydrogens is 359 g/mol. The van der Waals surface area contributed by atoms with E-state index in [0.717, 1.165) is 25.7 Å². The molecule has 146 valence electrons. The van der Waals surface area contributed by atoms with E-state index in [0.29, 0.717) is 6.54 Å². The molecule has 27 heavy (non-hydrogen) atoms. The molecule has 1 aromatic heterocycles. The van der Waals surface area contributed by atoms with Gasteiger partial charge in [0.05, 0.1) is 18.3 Å². The molecule has 1 aromatic carbocycles. The Morgan fingerprint density at radius 1 is 1.15 bits per heavy atom. The molecule has 1 N–H and O–H groups in total. The van der Waals surface area contributed by atoms with Gasteiger partial charge in [-0.2, -0.15) is 13.2 Å². The zero-order valence-corrected chi connectivity index (χ0v) is 14.9. The summed E-state index contributed by atoms with van der Waals surface area (Å²) in [6.45, 7) is 3.26. The van der Waals surface area contributed by atoms with Gasteiger partial charge >= 0.3 is 6.18 Å². The maximum absolute atomic E-state index is 13.1. The first-order chi connectivity index (χ1) is 12.9. The van der Waals surface area contributed by atoms with Gasteiger partial charge in [-0.1, -0.05) is 29.8 Å². The number of halogens is 3. The maximum Gasteiger partial charge on any atom is 0.416 e. The minimum Gasteiger partial charge on any atom is -0.349 e. The van der Waals surface area contributed by atoms with Gasteiger partial charge in [0.25, 0.3) is 5.91 Å². The van der Waals surface area contributed by atoms with Gasteiger partial charge in [0.15, 0.2) is 5.69 Å². The topological polar surface area (TPSA) is 63.1 Å². The zero-order chi connectivity index (χ0) is 19.3. The van der Waals surface area contributed by atoms with Crippen molar-refractivity contribution in [1.29, 1.82) is 0 Å². The van der Waals surface area contributed by atoms with Crippen LogP contribution >= 0.6 is 0 Å². The number of carbonyl (C=O) groups is 1. The molecule has 1 saturated heterocycles. The third-order valence-corrected chi connectivity index (χ3v) is 4.59. The van der Waals surface area contributed by atoms with Crippen LogP contribution in [0.25, 0.3) is 0 Å². The number of hydrogen-bond acceptors (Lipinski definition) is 4. The second-order valence-electron chi connectivity index (χ2n) is 6.61. The molecule has 0 radical (unpaired) electrons. The highest BCUT2D eigenvalue weighted by atomic mass is 19.4. The number of carbonyl (C=O) groups excluding carboxylic acids is 1. The van der Waals surface area contributed by atoms with E-state index in [9.17, 15) is 18.0 Å². The van der Waals surface area contributed by atoms with Crippen LogP contribution in [0.4, 0.5) is 13.2 Å². The fourth-order valence-corrected chi connectivity index (χ4v) is 3.19. The first-order valence-electron chi connectivity index (χ1n) is 8.99. The molecule has 0 spiro atoms. The van der Waals surface area contributed by atoms with Crippen LogP contribution in [0, 0.1) is 0 Å². The molecule has 0 aliphatic carbocycles. The summed E-state index contributed by atoms with van der Waals surface area (Å²) in [6, 6.07) is 5.30. The Bertz CT molecular complexity index is 768. The van der Waals surface area contributed by atoms with E-state index in [2.05, 4.69) is 20.5 Å². The fraction of sp³-hybridized carbons (Fsp3) is 0.500. The Labute approximate surface area is 155 Å². The molecular formula is C18H22F3N5O. The number of benzene rings is 1. The average Bonchev–Trinajstić information content (AvgIpc) is 3.11. The van der Waals surface area contributed by atoms with Crippen molar-refractivity contribution in [1.82, 2.24) is 25.2 Å². The van der Waals surface area contributed by atoms with E-state index in [-0.39, 0.29) is 23.7 Å². The predicted octanol–water partition coefficient (Wildman–Crippen LogP) is 2.56. The van der Waals surface area contributed by atoms with Crippen molar-refractivity contribution >= 4 is 5.91 Å². The number of piperidine rings is 1. The first-order valence-corrected chi connectivity index (χ1v) is 8.99. The quantitative estimate of drug-likeness (QED) is 0.835. The van der Waals surface area contributed by atoms with Crippen LogP contribution in [-0.2, 0) is 12.7 Å². The predicted molar refractivity (Wildman–Crippen MR) is 93.2 cm³/mol. The molecule has 1 aliphatic heterocycles. The lowest BCUT2D eigenvalue weighted by atomic mass is 10.1. The molecule has 6 nitrogen and oxygen atoms in total. The summed E-state index contributed by atoms with van der Waals surface area (Å²) >= 11 is 0. The lowest BCUT2D eigenvalue weighted by Crippen LogP contribution is -2.37. The van der Waals surface area contributed by atoms with Crippen molar-refractivity contribution in [3.8, 4) is 0 Å². The lowest BCUT2D eigenvalue weighted by molar-refractivity contribution is -0.138. The Kier molecular flexibility index (Phi) is 6.10. The molecule has 9 heteroatoms. The second kappa shape index (κ2) is 8.51. The van der Waals surface area contributed by atoms with Crippen LogP contribution in [0.3, 0.4) is 0 Å². The molecule has 3 rings (SSSR count). The van der Waals surface area contributed by atoms with Crippen LogP contribution in [0.2, 0.25) is 0 Å². The van der Waals surface area contributed by atoms with Crippen molar-refractivity contribution in [2.45, 2.75) is 32.0 Å². The number of rotatable bonds is 6. The number of nitrogens with zero attached hydrogens (tertiary/aromatic N) is 4. The van der Waals surface area contributed by atoms with E-state index in [4.69, 9.17) is 0 Å². The van der Waals surface area contributed by atoms with Gasteiger partial charge in [0.1, 0.15) is 0 Å². The highest BCUT2D eigenvalue weighted by molar-refractivity contribution is 5.91. The van der Waals surface area contributed by atoms with E-state index >= 15 is 0 Å². The number of nitrogens with one attached hydrogen (secondary N) is 1. The van der Waals surface area contributed by atoms with E-state index < -0.39 is 11.7 Å². The van der Waals surface area contributed by atoms with Crippen LogP contribution in [0.15, 0.2) is 30.5 Å². The fourth-order valence-electron chi connectivity index (χ4n) is 3.19. The summed E-state index contributed by atoms with van der Waals surface area (Å²) in [5.41, 5.74) is -0.543. The van der Waals surface area contributed by atoms with Gasteiger partial charge in [0.2, 0.25) is 0 Å². The summed E-state index contributed by atoms with van der Waals surface area (Å²) in [4.78, 5) is 14.5. The molecule has 0 atom stereocenters. The highest BCUT2D eigenvalue weighted by Crippen LogP contribution is 2.32. The van der Waals surface area contributed by atoms with E-state index in [1.165, 1.54) is 48.3 Å². The monoisotopic (exact) mass is 381 g/mol. The van der Waals surface area contributed by atoms with Crippen LogP contribution in [0.1, 0.15) is 40.9 Å². The standard InChI is InChI=1S/C18H22F3N5O/c19-18(20,21)15-7-3-2-6-14(15)12-26-13-16(23-24-26)17(27)22-8-11-25-9-4-1-5-10-25/h2-3,6-7,13H,1,4-5,8-12H2,(H,22,27). The van der Waals surface area contributed by atoms with Crippen molar-refractivity contribution in [2.24, 2.45) is 0 Å². The minimum absolute atomic E-state index is 0.0759. The summed E-state index contributed by atoms with van der Waals surface area (Å²) in [5.74, 6) is -0.373. The van der Waals surface area contributed by atoms with E-state index in [1.807, 2.05) is 0 Å². The summed E-state index contributed by atoms with van der Waals surface area (Å²) in [7, 11) is 0. The third-order valence-electron chi connectivity index (χ3n) is 4.59. The van der Waals surface area contributed by atoms with Crippen molar-refractivity contribution in [2.75, 3.05) is 26.2 Å². The second-order valence-corrected chi connectivity index (χ2v) is 6.61. The average molecular weight is 381 g/mol. The Morgan fingerprint density at radius 2 is 1.89 bits per heavy atom. The number of aromatic nitrogens is 3. The summed E-state index contributed by atoms with van der Waals surface area (Å²) in [5, 5.41) is 10.3. The molecule has 1 amide bonds. The summed E-state index contributed by atoms with van der Waals surface area (Å²) in [6.07, 6.45) is 0.544. The molecule has 1 aliphatic rings. The largest absolute Gasteiger partial charge is 0.416 e. The molecule has 0 saturated carbocycles. The van der Waals surface area contributed by atoms with Gasteiger partial charge in [-0.3, -0.25) is 4.79 Å². The molecule has 2 heterocycles. The molecule has 2 aromatic rings. The molecule has 1 fully saturated rings. The number of hydrogen-bond donors (Lipinski definition) is 1. The number of amides is 1. The third kappa shape index (κ3) is 5.29. The van der Waals surface area contributed by atoms with E-state index in [1.54, 1.807) is 0 Å².